The zero-order valence-corrected chi connectivity index (χ0v) is 16.7. The highest BCUT2D eigenvalue weighted by Gasteiger charge is 2.20. The quantitative estimate of drug-likeness (QED) is 0.362. The van der Waals surface area contributed by atoms with Gasteiger partial charge in [-0.15, -0.1) is 3.89 Å². The standard InChI is InChI=1S/C12H7BrFIN4O2S2/c1-21-12(20)9-2-6(5-18(9)23-15)10-8-3-7(13)4-16-11(8)19(17-10)22-14/h2-5H,1H3. The average Bonchev–Trinajstić information content (AvgIpc) is 3.14. The number of pyridine rings is 1. The lowest BCUT2D eigenvalue weighted by atomic mass is 10.1. The highest BCUT2D eigenvalue weighted by molar-refractivity contribution is 14.2. The molecule has 0 aromatic carbocycles. The van der Waals surface area contributed by atoms with Crippen molar-refractivity contribution in [3.8, 4) is 11.3 Å². The van der Waals surface area contributed by atoms with Gasteiger partial charge in [0.05, 0.1) is 7.11 Å². The number of hydrogen-bond donors (Lipinski definition) is 0. The Balaban J connectivity index is 2.22. The largest absolute Gasteiger partial charge is 0.464 e. The number of carbonyl (C=O) groups excluding carboxylic acids is 1. The van der Waals surface area contributed by atoms with Crippen LogP contribution in [0.15, 0.2) is 29.0 Å². The second-order valence-electron chi connectivity index (χ2n) is 4.32. The smallest absolute Gasteiger partial charge is 0.355 e. The molecule has 120 valence electrons. The van der Waals surface area contributed by atoms with E-state index in [4.69, 9.17) is 4.74 Å². The van der Waals surface area contributed by atoms with E-state index in [1.54, 1.807) is 22.4 Å². The molecule has 0 aliphatic heterocycles. The third-order valence-electron chi connectivity index (χ3n) is 3.05. The summed E-state index contributed by atoms with van der Waals surface area (Å²) in [7, 11) is 2.64. The molecule has 0 bridgehead atoms. The van der Waals surface area contributed by atoms with E-state index in [-0.39, 0.29) is 12.3 Å². The highest BCUT2D eigenvalue weighted by Crippen LogP contribution is 2.34. The van der Waals surface area contributed by atoms with Gasteiger partial charge in [-0.2, -0.15) is 9.19 Å². The normalized spacial score (nSPS) is 11.1. The van der Waals surface area contributed by atoms with Crippen LogP contribution in [0.2, 0.25) is 0 Å². The summed E-state index contributed by atoms with van der Waals surface area (Å²) in [5.41, 5.74) is 1.99. The summed E-state index contributed by atoms with van der Waals surface area (Å²) in [6.45, 7) is 0. The van der Waals surface area contributed by atoms with Gasteiger partial charge in [0.25, 0.3) is 0 Å². The number of halogens is 3. The van der Waals surface area contributed by atoms with Crippen LogP contribution in [0.3, 0.4) is 0 Å². The number of esters is 1. The molecule has 23 heavy (non-hydrogen) atoms. The third kappa shape index (κ3) is 3.10. The van der Waals surface area contributed by atoms with E-state index in [2.05, 4.69) is 47.2 Å². The van der Waals surface area contributed by atoms with E-state index in [0.717, 1.165) is 8.56 Å². The van der Waals surface area contributed by atoms with Gasteiger partial charge in [-0.25, -0.2) is 9.78 Å². The molecular weight excluding hydrogens is 522 g/mol. The van der Waals surface area contributed by atoms with Crippen molar-refractivity contribution in [1.82, 2.24) is 18.1 Å². The van der Waals surface area contributed by atoms with Gasteiger partial charge >= 0.3 is 5.97 Å². The molecule has 3 aromatic rings. The molecule has 3 rings (SSSR count). The second-order valence-corrected chi connectivity index (χ2v) is 7.43. The molecule has 3 aromatic heterocycles. The monoisotopic (exact) mass is 528 g/mol. The molecule has 0 atom stereocenters. The molecule has 0 spiro atoms. The Hall–Kier alpha value is -0.790. The Morgan fingerprint density at radius 3 is 2.91 bits per heavy atom. The Bertz CT molecular complexity index is 901. The molecule has 0 amide bonds. The molecular formula is C12H7BrFIN4O2S2. The number of rotatable bonds is 4. The van der Waals surface area contributed by atoms with Crippen molar-refractivity contribution in [3.63, 3.8) is 0 Å². The summed E-state index contributed by atoms with van der Waals surface area (Å²) in [4.78, 5) is 16.0. The van der Waals surface area contributed by atoms with E-state index in [9.17, 15) is 8.68 Å². The lowest BCUT2D eigenvalue weighted by Crippen LogP contribution is -2.04. The summed E-state index contributed by atoms with van der Waals surface area (Å²) in [5.74, 6) is -0.455. The zero-order valence-electron chi connectivity index (χ0n) is 11.4. The molecule has 0 unspecified atom stereocenters. The molecule has 0 radical (unpaired) electrons. The van der Waals surface area contributed by atoms with Crippen LogP contribution in [0.25, 0.3) is 22.3 Å². The van der Waals surface area contributed by atoms with Crippen LogP contribution in [0.1, 0.15) is 10.5 Å². The van der Waals surface area contributed by atoms with Gasteiger partial charge in [0, 0.05) is 58.1 Å². The maximum Gasteiger partial charge on any atom is 0.355 e. The SMILES string of the molecule is COC(=O)c1cc(-c2nn(SF)c3ncc(Br)cc23)cn1SI. The topological polar surface area (TPSA) is 61.9 Å². The number of ether oxygens (including phenoxy) is 1. The van der Waals surface area contributed by atoms with Crippen LogP contribution in [0, 0.1) is 0 Å². The van der Waals surface area contributed by atoms with Crippen LogP contribution >= 0.6 is 58.6 Å². The van der Waals surface area contributed by atoms with Crippen molar-refractivity contribution in [2.75, 3.05) is 7.11 Å². The zero-order chi connectivity index (χ0) is 16.6. The number of aromatic nitrogens is 4. The summed E-state index contributed by atoms with van der Waals surface area (Å²) >= 11 is 5.38. The fourth-order valence-electron chi connectivity index (χ4n) is 2.10. The first-order valence-electron chi connectivity index (χ1n) is 6.02. The molecule has 3 heterocycles. The molecule has 0 saturated heterocycles. The lowest BCUT2D eigenvalue weighted by Gasteiger charge is -2.00. The Kier molecular flexibility index (Phi) is 5.18. The summed E-state index contributed by atoms with van der Waals surface area (Å²) < 4.78 is 21.4. The Morgan fingerprint density at radius 1 is 1.48 bits per heavy atom. The second kappa shape index (κ2) is 6.99. The summed E-state index contributed by atoms with van der Waals surface area (Å²) in [5, 5.41) is 4.91. The Morgan fingerprint density at radius 2 is 2.26 bits per heavy atom. The van der Waals surface area contributed by atoms with E-state index < -0.39 is 5.97 Å². The number of fused-ring (bicyclic) bond motifs is 1. The van der Waals surface area contributed by atoms with Gasteiger partial charge in [0.2, 0.25) is 0 Å². The van der Waals surface area contributed by atoms with Crippen molar-refractivity contribution in [2.45, 2.75) is 0 Å². The highest BCUT2D eigenvalue weighted by atomic mass is 127. The van der Waals surface area contributed by atoms with Gasteiger partial charge in [-0.3, -0.25) is 3.97 Å². The van der Waals surface area contributed by atoms with Crippen molar-refractivity contribution in [1.29, 1.82) is 0 Å². The number of hydrogen-bond acceptors (Lipinski definition) is 6. The van der Waals surface area contributed by atoms with E-state index >= 15 is 0 Å². The van der Waals surface area contributed by atoms with E-state index in [1.165, 1.54) is 16.2 Å². The number of carbonyl (C=O) groups is 1. The predicted molar refractivity (Wildman–Crippen MR) is 101 cm³/mol. The van der Waals surface area contributed by atoms with Crippen LogP contribution in [-0.2, 0) is 4.74 Å². The van der Waals surface area contributed by atoms with Crippen molar-refractivity contribution in [2.24, 2.45) is 0 Å². The van der Waals surface area contributed by atoms with Crippen LogP contribution in [-0.4, -0.2) is 31.2 Å². The van der Waals surface area contributed by atoms with Gasteiger partial charge in [0.15, 0.2) is 18.0 Å². The first-order chi connectivity index (χ1) is 11.1. The Labute approximate surface area is 159 Å². The van der Waals surface area contributed by atoms with Crippen LogP contribution in [0.5, 0.6) is 0 Å². The molecule has 0 aliphatic carbocycles. The van der Waals surface area contributed by atoms with Crippen LogP contribution in [0.4, 0.5) is 3.89 Å². The maximum absolute atomic E-state index is 13.1. The molecule has 0 fully saturated rings. The molecule has 0 N–H and O–H groups in total. The van der Waals surface area contributed by atoms with Crippen molar-refractivity contribution in [3.05, 3.63) is 34.7 Å². The van der Waals surface area contributed by atoms with E-state index in [1.807, 2.05) is 6.07 Å². The van der Waals surface area contributed by atoms with Gasteiger partial charge in [0.1, 0.15) is 11.4 Å². The van der Waals surface area contributed by atoms with Gasteiger partial charge in [-0.1, -0.05) is 0 Å². The lowest BCUT2D eigenvalue weighted by molar-refractivity contribution is 0.0593. The fraction of sp³-hybridized carbons (Fsp3) is 0.0833. The minimum atomic E-state index is -0.455. The van der Waals surface area contributed by atoms with Crippen LogP contribution < -0.4 is 0 Å². The third-order valence-corrected chi connectivity index (χ3v) is 5.60. The fourth-order valence-corrected chi connectivity index (χ4v) is 4.08. The molecule has 0 aliphatic rings. The minimum absolute atomic E-state index is 0.0302. The van der Waals surface area contributed by atoms with Crippen molar-refractivity contribution >= 4 is 75.6 Å². The summed E-state index contributed by atoms with van der Waals surface area (Å²) in [6.07, 6.45) is 3.32. The molecule has 11 heteroatoms. The van der Waals surface area contributed by atoms with E-state index in [0.29, 0.717) is 28.0 Å². The van der Waals surface area contributed by atoms with Gasteiger partial charge in [-0.05, 0) is 28.1 Å². The van der Waals surface area contributed by atoms with Gasteiger partial charge < -0.3 is 4.74 Å². The minimum Gasteiger partial charge on any atom is -0.464 e. The maximum atomic E-state index is 13.1. The molecule has 0 saturated carbocycles. The summed E-state index contributed by atoms with van der Waals surface area (Å²) in [6, 6.07) is 3.47. The number of methoxy groups -OCH3 is 1. The molecule has 6 nitrogen and oxygen atoms in total. The first kappa shape index (κ1) is 17.0. The predicted octanol–water partition coefficient (Wildman–Crippen LogP) is 4.68. The number of nitrogens with zero attached hydrogens (tertiary/aromatic N) is 4. The first-order valence-corrected chi connectivity index (χ1v) is 10.8. The van der Waals surface area contributed by atoms with Crippen molar-refractivity contribution < 1.29 is 13.4 Å². The average molecular weight is 529 g/mol.